The maximum atomic E-state index is 12.4. The molecule has 2 rings (SSSR count). The van der Waals surface area contributed by atoms with Crippen LogP contribution in [0, 0.1) is 6.92 Å². The summed E-state index contributed by atoms with van der Waals surface area (Å²) in [7, 11) is 0. The van der Waals surface area contributed by atoms with E-state index in [0.717, 1.165) is 12.8 Å². The quantitative estimate of drug-likeness (QED) is 0.871. The van der Waals surface area contributed by atoms with Crippen LogP contribution in [0.5, 0.6) is 5.75 Å². The number of carbonyl (C=O) groups excluding carboxylic acids is 1. The fourth-order valence-electron chi connectivity index (χ4n) is 2.53. The van der Waals surface area contributed by atoms with Gasteiger partial charge in [0.2, 0.25) is 0 Å². The van der Waals surface area contributed by atoms with Gasteiger partial charge in [-0.1, -0.05) is 6.07 Å². The largest absolute Gasteiger partial charge is 0.508 e. The number of phenols is 1. The van der Waals surface area contributed by atoms with Crippen LogP contribution in [0.1, 0.15) is 35.2 Å². The first-order valence-electron chi connectivity index (χ1n) is 6.32. The molecule has 0 spiro atoms. The molecule has 1 unspecified atom stereocenters. The summed E-state index contributed by atoms with van der Waals surface area (Å²) in [6.45, 7) is 2.26. The smallest absolute Gasteiger partial charge is 0.305 e. The minimum Gasteiger partial charge on any atom is -0.508 e. The first kappa shape index (κ1) is 13.4. The topological polar surface area (TPSA) is 77.8 Å². The molecule has 0 aliphatic carbocycles. The van der Waals surface area contributed by atoms with E-state index < -0.39 is 5.97 Å². The summed E-state index contributed by atoms with van der Waals surface area (Å²) in [4.78, 5) is 24.8. The molecule has 1 aromatic rings. The third kappa shape index (κ3) is 2.70. The van der Waals surface area contributed by atoms with Crippen molar-refractivity contribution in [1.29, 1.82) is 0 Å². The average Bonchev–Trinajstić information content (AvgIpc) is 2.79. The number of aromatic hydroxyl groups is 1. The Hall–Kier alpha value is -2.04. The van der Waals surface area contributed by atoms with E-state index in [1.54, 1.807) is 24.0 Å². The Kier molecular flexibility index (Phi) is 3.74. The molecule has 1 amide bonds. The lowest BCUT2D eigenvalue weighted by Crippen LogP contribution is -2.37. The lowest BCUT2D eigenvalue weighted by Gasteiger charge is -2.24. The van der Waals surface area contributed by atoms with Gasteiger partial charge in [0, 0.05) is 23.7 Å². The van der Waals surface area contributed by atoms with Crippen LogP contribution in [0.25, 0.3) is 0 Å². The molecular weight excluding hydrogens is 246 g/mol. The minimum absolute atomic E-state index is 0.0242. The Labute approximate surface area is 111 Å². The van der Waals surface area contributed by atoms with Crippen LogP contribution in [0.15, 0.2) is 18.2 Å². The average molecular weight is 263 g/mol. The van der Waals surface area contributed by atoms with Gasteiger partial charge < -0.3 is 15.1 Å². The predicted molar refractivity (Wildman–Crippen MR) is 69.2 cm³/mol. The number of benzene rings is 1. The van der Waals surface area contributed by atoms with E-state index in [0.29, 0.717) is 17.7 Å². The number of likely N-dealkylation sites (tertiary alicyclic amines) is 1. The summed E-state index contributed by atoms with van der Waals surface area (Å²) in [5, 5.41) is 18.5. The van der Waals surface area contributed by atoms with Crippen LogP contribution in [-0.2, 0) is 4.79 Å². The van der Waals surface area contributed by atoms with Crippen molar-refractivity contribution in [3.63, 3.8) is 0 Å². The number of rotatable bonds is 3. The highest BCUT2D eigenvalue weighted by Gasteiger charge is 2.31. The molecule has 1 aromatic carbocycles. The summed E-state index contributed by atoms with van der Waals surface area (Å²) in [5.74, 6) is -1.01. The molecule has 0 saturated carbocycles. The number of nitrogens with zero attached hydrogens (tertiary/aromatic N) is 1. The van der Waals surface area contributed by atoms with Crippen LogP contribution in [-0.4, -0.2) is 39.6 Å². The van der Waals surface area contributed by atoms with Gasteiger partial charge in [0.25, 0.3) is 5.91 Å². The molecule has 0 aromatic heterocycles. The maximum Gasteiger partial charge on any atom is 0.305 e. The van der Waals surface area contributed by atoms with Crippen molar-refractivity contribution in [2.45, 2.75) is 32.2 Å². The van der Waals surface area contributed by atoms with Crippen molar-refractivity contribution >= 4 is 11.9 Å². The molecule has 2 N–H and O–H groups in total. The van der Waals surface area contributed by atoms with E-state index >= 15 is 0 Å². The van der Waals surface area contributed by atoms with Gasteiger partial charge >= 0.3 is 5.97 Å². The van der Waals surface area contributed by atoms with Crippen LogP contribution >= 0.6 is 0 Å². The number of amides is 1. The molecular formula is C14H17NO4. The van der Waals surface area contributed by atoms with Gasteiger partial charge in [-0.05, 0) is 31.9 Å². The second-order valence-corrected chi connectivity index (χ2v) is 4.84. The monoisotopic (exact) mass is 263 g/mol. The van der Waals surface area contributed by atoms with E-state index in [-0.39, 0.29) is 24.1 Å². The molecule has 1 saturated heterocycles. The fraction of sp³-hybridized carbons (Fsp3) is 0.429. The van der Waals surface area contributed by atoms with E-state index in [2.05, 4.69) is 0 Å². The number of hydrogen-bond acceptors (Lipinski definition) is 3. The lowest BCUT2D eigenvalue weighted by atomic mass is 10.1. The zero-order valence-corrected chi connectivity index (χ0v) is 10.8. The van der Waals surface area contributed by atoms with Crippen LogP contribution in [0.2, 0.25) is 0 Å². The highest BCUT2D eigenvalue weighted by Crippen LogP contribution is 2.26. The Morgan fingerprint density at radius 2 is 2.16 bits per heavy atom. The van der Waals surface area contributed by atoms with Gasteiger partial charge in [0.15, 0.2) is 0 Å². The van der Waals surface area contributed by atoms with Crippen molar-refractivity contribution < 1.29 is 19.8 Å². The van der Waals surface area contributed by atoms with E-state index in [4.69, 9.17) is 5.11 Å². The molecule has 1 atom stereocenters. The zero-order valence-electron chi connectivity index (χ0n) is 10.8. The van der Waals surface area contributed by atoms with Crippen molar-refractivity contribution in [1.82, 2.24) is 4.90 Å². The molecule has 102 valence electrons. The van der Waals surface area contributed by atoms with Crippen molar-refractivity contribution in [3.8, 4) is 5.75 Å². The number of hydrogen-bond donors (Lipinski definition) is 2. The molecule has 1 heterocycles. The molecule has 0 radical (unpaired) electrons. The minimum atomic E-state index is -0.891. The van der Waals surface area contributed by atoms with Gasteiger partial charge in [0.1, 0.15) is 5.75 Å². The summed E-state index contributed by atoms with van der Waals surface area (Å²) in [6, 6.07) is 4.57. The SMILES string of the molecule is Cc1c(O)cccc1C(=O)N1CCCC1CC(=O)O. The van der Waals surface area contributed by atoms with Crippen molar-refractivity contribution in [2.75, 3.05) is 6.54 Å². The second kappa shape index (κ2) is 5.30. The maximum absolute atomic E-state index is 12.4. The Bertz CT molecular complexity index is 512. The molecule has 1 aliphatic heterocycles. The first-order chi connectivity index (χ1) is 9.00. The molecule has 0 bridgehead atoms. The lowest BCUT2D eigenvalue weighted by molar-refractivity contribution is -0.137. The molecule has 5 heteroatoms. The van der Waals surface area contributed by atoms with Crippen molar-refractivity contribution in [2.24, 2.45) is 0 Å². The number of aliphatic carboxylic acids is 1. The Morgan fingerprint density at radius 3 is 2.84 bits per heavy atom. The summed E-state index contributed by atoms with van der Waals surface area (Å²) in [6.07, 6.45) is 1.51. The number of phenolic OH excluding ortho intramolecular Hbond substituents is 1. The number of carboxylic acid groups (broad SMARTS) is 1. The van der Waals surface area contributed by atoms with Crippen LogP contribution in [0.3, 0.4) is 0 Å². The fourth-order valence-corrected chi connectivity index (χ4v) is 2.53. The Morgan fingerprint density at radius 1 is 1.42 bits per heavy atom. The summed E-state index contributed by atoms with van der Waals surface area (Å²) >= 11 is 0. The van der Waals surface area contributed by atoms with Crippen molar-refractivity contribution in [3.05, 3.63) is 29.3 Å². The van der Waals surface area contributed by atoms with Crippen LogP contribution in [0.4, 0.5) is 0 Å². The molecule has 19 heavy (non-hydrogen) atoms. The second-order valence-electron chi connectivity index (χ2n) is 4.84. The normalized spacial score (nSPS) is 18.6. The summed E-state index contributed by atoms with van der Waals surface area (Å²) < 4.78 is 0. The van der Waals surface area contributed by atoms with Gasteiger partial charge in [0.05, 0.1) is 6.42 Å². The predicted octanol–water partition coefficient (Wildman–Crippen LogP) is 1.78. The summed E-state index contributed by atoms with van der Waals surface area (Å²) in [5.41, 5.74) is 0.978. The highest BCUT2D eigenvalue weighted by atomic mass is 16.4. The highest BCUT2D eigenvalue weighted by molar-refractivity contribution is 5.96. The Balaban J connectivity index is 2.23. The van der Waals surface area contributed by atoms with Gasteiger partial charge in [-0.3, -0.25) is 9.59 Å². The number of carboxylic acids is 1. The third-order valence-electron chi connectivity index (χ3n) is 3.58. The van der Waals surface area contributed by atoms with Gasteiger partial charge in [-0.2, -0.15) is 0 Å². The molecule has 5 nitrogen and oxygen atoms in total. The first-order valence-corrected chi connectivity index (χ1v) is 6.32. The molecule has 1 fully saturated rings. The van der Waals surface area contributed by atoms with E-state index in [1.807, 2.05) is 0 Å². The van der Waals surface area contributed by atoms with Gasteiger partial charge in [-0.15, -0.1) is 0 Å². The molecule has 1 aliphatic rings. The zero-order chi connectivity index (χ0) is 14.0. The van der Waals surface area contributed by atoms with Gasteiger partial charge in [-0.25, -0.2) is 0 Å². The standard InChI is InChI=1S/C14H17NO4/c1-9-11(5-2-6-12(9)16)14(19)15-7-3-4-10(15)8-13(17)18/h2,5-6,10,16H,3-4,7-8H2,1H3,(H,17,18). The van der Waals surface area contributed by atoms with Crippen LogP contribution < -0.4 is 0 Å². The van der Waals surface area contributed by atoms with E-state index in [9.17, 15) is 14.7 Å². The number of carbonyl (C=O) groups is 2. The third-order valence-corrected chi connectivity index (χ3v) is 3.58. The van der Waals surface area contributed by atoms with E-state index in [1.165, 1.54) is 6.07 Å².